The summed E-state index contributed by atoms with van der Waals surface area (Å²) in [5.41, 5.74) is 6.08. The van der Waals surface area contributed by atoms with E-state index in [1.165, 1.54) is 6.08 Å². The number of nitrogens with two attached hydrogens (primary N) is 1. The van der Waals surface area contributed by atoms with Crippen molar-refractivity contribution in [3.8, 4) is 0 Å². The molecular formula is C9H12FN. The lowest BCUT2D eigenvalue weighted by Crippen LogP contribution is -2.08. The molecule has 0 aromatic heterocycles. The van der Waals surface area contributed by atoms with E-state index in [0.29, 0.717) is 12.1 Å². The molecule has 0 radical (unpaired) electrons. The van der Waals surface area contributed by atoms with Crippen molar-refractivity contribution in [1.29, 1.82) is 0 Å². The summed E-state index contributed by atoms with van der Waals surface area (Å²) in [6.07, 6.45) is 6.94. The van der Waals surface area contributed by atoms with Crippen LogP contribution in [0.2, 0.25) is 0 Å². The van der Waals surface area contributed by atoms with E-state index in [1.807, 2.05) is 6.08 Å². The molecule has 1 unspecified atom stereocenters. The van der Waals surface area contributed by atoms with E-state index in [2.05, 4.69) is 0 Å². The molecule has 0 aromatic rings. The van der Waals surface area contributed by atoms with Gasteiger partial charge < -0.3 is 5.73 Å². The Morgan fingerprint density at radius 3 is 2.73 bits per heavy atom. The van der Waals surface area contributed by atoms with Crippen LogP contribution in [-0.4, -0.2) is 6.54 Å². The third-order valence-corrected chi connectivity index (χ3v) is 1.73. The van der Waals surface area contributed by atoms with Crippen LogP contribution in [0, 0.1) is 5.92 Å². The van der Waals surface area contributed by atoms with Crippen molar-refractivity contribution in [1.82, 2.24) is 0 Å². The van der Waals surface area contributed by atoms with E-state index in [1.54, 1.807) is 19.1 Å². The highest BCUT2D eigenvalue weighted by molar-refractivity contribution is 5.31. The largest absolute Gasteiger partial charge is 0.330 e. The van der Waals surface area contributed by atoms with E-state index in [9.17, 15) is 4.39 Å². The van der Waals surface area contributed by atoms with Crippen LogP contribution in [0.4, 0.5) is 4.39 Å². The van der Waals surface area contributed by atoms with Crippen molar-refractivity contribution in [2.24, 2.45) is 11.7 Å². The van der Waals surface area contributed by atoms with Gasteiger partial charge in [0.25, 0.3) is 0 Å². The summed E-state index contributed by atoms with van der Waals surface area (Å²) in [6, 6.07) is 0. The van der Waals surface area contributed by atoms with Crippen molar-refractivity contribution >= 4 is 0 Å². The molecule has 0 aromatic carbocycles. The Morgan fingerprint density at radius 1 is 1.45 bits per heavy atom. The summed E-state index contributed by atoms with van der Waals surface area (Å²) < 4.78 is 12.8. The minimum Gasteiger partial charge on any atom is -0.330 e. The molecule has 0 aliphatic heterocycles. The Balaban J connectivity index is 2.82. The normalized spacial score (nSPS) is 24.1. The standard InChI is InChI=1S/C9H12FN/c1-7-2-3-8(6-11)4-5-9(7)10/h2-5,8H,6,11H2,1H3. The van der Waals surface area contributed by atoms with Crippen LogP contribution >= 0.6 is 0 Å². The number of halogens is 1. The Bertz CT molecular complexity index is 204. The molecule has 0 amide bonds. The lowest BCUT2D eigenvalue weighted by molar-refractivity contribution is 0.657. The quantitative estimate of drug-likeness (QED) is 0.612. The molecule has 1 nitrogen and oxygen atoms in total. The van der Waals surface area contributed by atoms with Crippen LogP contribution in [-0.2, 0) is 0 Å². The van der Waals surface area contributed by atoms with E-state index in [-0.39, 0.29) is 11.7 Å². The molecule has 0 heterocycles. The molecule has 1 rings (SSSR count). The molecule has 0 spiro atoms. The summed E-state index contributed by atoms with van der Waals surface area (Å²) in [5, 5.41) is 0. The van der Waals surface area contributed by atoms with Gasteiger partial charge in [0.15, 0.2) is 0 Å². The maximum absolute atomic E-state index is 12.8. The van der Waals surface area contributed by atoms with Crippen molar-refractivity contribution in [3.05, 3.63) is 35.7 Å². The minimum absolute atomic E-state index is 0.169. The second kappa shape index (κ2) is 3.49. The fourth-order valence-electron chi connectivity index (χ4n) is 0.908. The average molecular weight is 153 g/mol. The van der Waals surface area contributed by atoms with Gasteiger partial charge in [0, 0.05) is 12.5 Å². The first kappa shape index (κ1) is 8.21. The molecule has 1 aliphatic rings. The number of allylic oxidation sites excluding steroid dienone is 4. The molecule has 11 heavy (non-hydrogen) atoms. The third kappa shape index (κ3) is 2.02. The second-order valence-electron chi connectivity index (χ2n) is 2.65. The first-order valence-electron chi connectivity index (χ1n) is 3.67. The van der Waals surface area contributed by atoms with Crippen LogP contribution in [0.25, 0.3) is 0 Å². The molecule has 2 N–H and O–H groups in total. The summed E-state index contributed by atoms with van der Waals surface area (Å²) in [5.74, 6) is 0.00963. The van der Waals surface area contributed by atoms with Crippen LogP contribution < -0.4 is 5.73 Å². The molecule has 0 saturated carbocycles. The van der Waals surface area contributed by atoms with Gasteiger partial charge in [0.05, 0.1) is 0 Å². The van der Waals surface area contributed by atoms with Crippen LogP contribution in [0.15, 0.2) is 35.7 Å². The molecule has 60 valence electrons. The van der Waals surface area contributed by atoms with E-state index >= 15 is 0 Å². The maximum atomic E-state index is 12.8. The first-order valence-corrected chi connectivity index (χ1v) is 3.67. The Kier molecular flexibility index (Phi) is 2.60. The summed E-state index contributed by atoms with van der Waals surface area (Å²) in [4.78, 5) is 0. The molecular weight excluding hydrogens is 141 g/mol. The highest BCUT2D eigenvalue weighted by Crippen LogP contribution is 2.15. The van der Waals surface area contributed by atoms with Gasteiger partial charge in [-0.3, -0.25) is 0 Å². The topological polar surface area (TPSA) is 26.0 Å². The monoisotopic (exact) mass is 153 g/mol. The van der Waals surface area contributed by atoms with Crippen LogP contribution in [0.3, 0.4) is 0 Å². The van der Waals surface area contributed by atoms with Gasteiger partial charge in [-0.05, 0) is 18.6 Å². The average Bonchev–Trinajstić information content (AvgIpc) is 2.16. The van der Waals surface area contributed by atoms with Crippen molar-refractivity contribution < 1.29 is 4.39 Å². The van der Waals surface area contributed by atoms with Gasteiger partial charge in [-0.15, -0.1) is 0 Å². The molecule has 1 atom stereocenters. The molecule has 1 aliphatic carbocycles. The van der Waals surface area contributed by atoms with Crippen LogP contribution in [0.1, 0.15) is 6.92 Å². The lowest BCUT2D eigenvalue weighted by Gasteiger charge is -1.98. The van der Waals surface area contributed by atoms with E-state index in [0.717, 1.165) is 0 Å². The summed E-state index contributed by atoms with van der Waals surface area (Å²) >= 11 is 0. The van der Waals surface area contributed by atoms with Crippen molar-refractivity contribution in [2.45, 2.75) is 6.92 Å². The summed E-state index contributed by atoms with van der Waals surface area (Å²) in [7, 11) is 0. The molecule has 0 bridgehead atoms. The predicted octanol–water partition coefficient (Wildman–Crippen LogP) is 1.93. The third-order valence-electron chi connectivity index (χ3n) is 1.73. The zero-order valence-electron chi connectivity index (χ0n) is 6.55. The van der Waals surface area contributed by atoms with Gasteiger partial charge >= 0.3 is 0 Å². The Labute approximate surface area is 66.1 Å². The minimum atomic E-state index is -0.169. The smallest absolute Gasteiger partial charge is 0.125 e. The molecule has 0 fully saturated rings. The predicted molar refractivity (Wildman–Crippen MR) is 44.6 cm³/mol. The highest BCUT2D eigenvalue weighted by atomic mass is 19.1. The van der Waals surface area contributed by atoms with Gasteiger partial charge in [-0.2, -0.15) is 0 Å². The number of hydrogen-bond donors (Lipinski definition) is 1. The maximum Gasteiger partial charge on any atom is 0.125 e. The zero-order chi connectivity index (χ0) is 8.27. The van der Waals surface area contributed by atoms with Gasteiger partial charge in [-0.1, -0.05) is 18.2 Å². The highest BCUT2D eigenvalue weighted by Gasteiger charge is 2.02. The van der Waals surface area contributed by atoms with Crippen molar-refractivity contribution in [3.63, 3.8) is 0 Å². The fraction of sp³-hybridized carbons (Fsp3) is 0.333. The van der Waals surface area contributed by atoms with Gasteiger partial charge in [0.2, 0.25) is 0 Å². The van der Waals surface area contributed by atoms with Gasteiger partial charge in [0.1, 0.15) is 5.83 Å². The van der Waals surface area contributed by atoms with E-state index < -0.39 is 0 Å². The fourth-order valence-corrected chi connectivity index (χ4v) is 0.908. The number of rotatable bonds is 1. The Morgan fingerprint density at radius 2 is 2.09 bits per heavy atom. The Hall–Kier alpha value is -0.890. The summed E-state index contributed by atoms with van der Waals surface area (Å²) in [6.45, 7) is 2.28. The first-order chi connectivity index (χ1) is 5.24. The number of hydrogen-bond acceptors (Lipinski definition) is 1. The lowest BCUT2D eigenvalue weighted by atomic mass is 10.1. The molecule has 0 saturated heterocycles. The molecule has 2 heteroatoms. The second-order valence-corrected chi connectivity index (χ2v) is 2.65. The van der Waals surface area contributed by atoms with Gasteiger partial charge in [-0.25, -0.2) is 4.39 Å². The van der Waals surface area contributed by atoms with Crippen molar-refractivity contribution in [2.75, 3.05) is 6.54 Å². The zero-order valence-corrected chi connectivity index (χ0v) is 6.55. The SMILES string of the molecule is CC1=C(F)C=CC(CN)C=C1. The van der Waals surface area contributed by atoms with Crippen LogP contribution in [0.5, 0.6) is 0 Å². The van der Waals surface area contributed by atoms with E-state index in [4.69, 9.17) is 5.73 Å².